The predicted molar refractivity (Wildman–Crippen MR) is 66.7 cm³/mol. The molecular formula is C12H20O7. The predicted octanol–water partition coefficient (Wildman–Crippen LogP) is 1.67. The first kappa shape index (κ1) is 19.6. The Labute approximate surface area is 111 Å². The van der Waals surface area contributed by atoms with Crippen molar-refractivity contribution in [2.45, 2.75) is 51.7 Å². The fourth-order valence-corrected chi connectivity index (χ4v) is 0.958. The minimum absolute atomic E-state index is 0.568. The minimum Gasteiger partial charge on any atom is -0.449 e. The molecule has 2 unspecified atom stereocenters. The van der Waals surface area contributed by atoms with Crippen LogP contribution in [0.5, 0.6) is 0 Å². The molecule has 110 valence electrons. The summed E-state index contributed by atoms with van der Waals surface area (Å²) < 4.78 is 3.08. The molecule has 0 aliphatic heterocycles. The van der Waals surface area contributed by atoms with Crippen LogP contribution in [0.2, 0.25) is 0 Å². The van der Waals surface area contributed by atoms with Crippen LogP contribution in [0.1, 0.15) is 39.5 Å². The quantitative estimate of drug-likeness (QED) is 0.349. The van der Waals surface area contributed by atoms with E-state index < -0.39 is 24.5 Å². The van der Waals surface area contributed by atoms with Crippen molar-refractivity contribution >= 4 is 12.3 Å². The monoisotopic (exact) mass is 276 g/mol. The molecular weight excluding hydrogens is 256 g/mol. The summed E-state index contributed by atoms with van der Waals surface area (Å²) >= 11 is 0. The average molecular weight is 276 g/mol. The van der Waals surface area contributed by atoms with Crippen LogP contribution in [0.15, 0.2) is 0 Å². The van der Waals surface area contributed by atoms with Crippen molar-refractivity contribution in [2.75, 3.05) is 0 Å². The molecule has 0 spiro atoms. The highest BCUT2D eigenvalue weighted by atomic mass is 16.7. The van der Waals surface area contributed by atoms with Crippen LogP contribution >= 0.6 is 0 Å². The van der Waals surface area contributed by atoms with Crippen molar-refractivity contribution in [1.29, 1.82) is 0 Å². The van der Waals surface area contributed by atoms with E-state index >= 15 is 0 Å². The van der Waals surface area contributed by atoms with E-state index in [1.54, 1.807) is 0 Å². The minimum atomic E-state index is -1.81. The number of aliphatic hydroxyl groups excluding tert-OH is 2. The molecule has 0 fully saturated rings. The fraction of sp³-hybridized carbons (Fsp3) is 0.667. The summed E-state index contributed by atoms with van der Waals surface area (Å²) in [5.41, 5.74) is 0. The van der Waals surface area contributed by atoms with Crippen LogP contribution < -0.4 is 0 Å². The van der Waals surface area contributed by atoms with Crippen molar-refractivity contribution in [3.05, 3.63) is 0 Å². The topological polar surface area (TPSA) is 124 Å². The Hall–Kier alpha value is -1.78. The highest BCUT2D eigenvalue weighted by Gasteiger charge is 2.01. The Bertz CT molecular complexity index is 288. The first-order valence-corrected chi connectivity index (χ1v) is 5.84. The second kappa shape index (κ2) is 12.7. The van der Waals surface area contributed by atoms with Crippen LogP contribution in [-0.4, -0.2) is 44.9 Å². The normalized spacial score (nSPS) is 12.0. The van der Waals surface area contributed by atoms with Gasteiger partial charge in [-0.2, -0.15) is 0 Å². The van der Waals surface area contributed by atoms with Gasteiger partial charge in [0.1, 0.15) is 12.2 Å². The molecule has 7 heteroatoms. The van der Waals surface area contributed by atoms with Gasteiger partial charge in [-0.15, -0.1) is 0 Å². The van der Waals surface area contributed by atoms with E-state index in [1.165, 1.54) is 0 Å². The third-order valence-electron chi connectivity index (χ3n) is 1.72. The van der Waals surface area contributed by atoms with Gasteiger partial charge in [0.2, 0.25) is 0 Å². The molecule has 2 atom stereocenters. The van der Waals surface area contributed by atoms with Crippen molar-refractivity contribution in [3.8, 4) is 11.8 Å². The summed E-state index contributed by atoms with van der Waals surface area (Å²) in [6, 6.07) is 0. The largest absolute Gasteiger partial charge is 0.516 e. The van der Waals surface area contributed by atoms with Gasteiger partial charge in [0, 0.05) is 0 Å². The van der Waals surface area contributed by atoms with E-state index in [-0.39, 0.29) is 0 Å². The summed E-state index contributed by atoms with van der Waals surface area (Å²) in [7, 11) is 0. The SMILES string of the molecule is CCCC(O)C#CC(O)CCC.O=C(O)OC(=O)O. The number of carboxylic acid groups (broad SMARTS) is 2. The Morgan fingerprint density at radius 3 is 1.42 bits per heavy atom. The Kier molecular flexibility index (Phi) is 13.0. The first-order valence-electron chi connectivity index (χ1n) is 5.84. The van der Waals surface area contributed by atoms with Crippen LogP contribution in [-0.2, 0) is 4.74 Å². The molecule has 0 radical (unpaired) electrons. The molecule has 7 nitrogen and oxygen atoms in total. The van der Waals surface area contributed by atoms with Crippen molar-refractivity contribution < 1.29 is 34.8 Å². The van der Waals surface area contributed by atoms with Gasteiger partial charge >= 0.3 is 12.3 Å². The van der Waals surface area contributed by atoms with E-state index in [4.69, 9.17) is 10.2 Å². The number of hydrogen-bond acceptors (Lipinski definition) is 5. The highest BCUT2D eigenvalue weighted by molar-refractivity contribution is 5.74. The lowest BCUT2D eigenvalue weighted by Crippen LogP contribution is -2.06. The maximum Gasteiger partial charge on any atom is 0.516 e. The Morgan fingerprint density at radius 1 is 0.947 bits per heavy atom. The van der Waals surface area contributed by atoms with Crippen LogP contribution in [0, 0.1) is 11.8 Å². The van der Waals surface area contributed by atoms with Gasteiger partial charge in [-0.25, -0.2) is 9.59 Å². The van der Waals surface area contributed by atoms with E-state index in [0.717, 1.165) is 12.8 Å². The number of ether oxygens (including phenoxy) is 1. The molecule has 4 N–H and O–H groups in total. The number of aliphatic hydroxyl groups is 2. The van der Waals surface area contributed by atoms with E-state index in [0.29, 0.717) is 12.8 Å². The van der Waals surface area contributed by atoms with Gasteiger partial charge in [0.05, 0.1) is 0 Å². The summed E-state index contributed by atoms with van der Waals surface area (Å²) in [4.78, 5) is 18.4. The third kappa shape index (κ3) is 18.8. The summed E-state index contributed by atoms with van der Waals surface area (Å²) in [5.74, 6) is 5.25. The molecule has 0 saturated heterocycles. The molecule has 0 rings (SSSR count). The lowest BCUT2D eigenvalue weighted by atomic mass is 10.2. The number of hydrogen-bond donors (Lipinski definition) is 4. The van der Waals surface area contributed by atoms with Gasteiger partial charge < -0.3 is 25.2 Å². The van der Waals surface area contributed by atoms with Gasteiger partial charge in [0.15, 0.2) is 0 Å². The number of rotatable bonds is 4. The van der Waals surface area contributed by atoms with E-state index in [9.17, 15) is 19.8 Å². The van der Waals surface area contributed by atoms with Crippen LogP contribution in [0.25, 0.3) is 0 Å². The smallest absolute Gasteiger partial charge is 0.449 e. The summed E-state index contributed by atoms with van der Waals surface area (Å²) in [5, 5.41) is 33.3. The molecule has 0 aromatic heterocycles. The first-order chi connectivity index (χ1) is 8.83. The van der Waals surface area contributed by atoms with Gasteiger partial charge in [-0.3, -0.25) is 0 Å². The molecule has 0 saturated carbocycles. The average Bonchev–Trinajstić information content (AvgIpc) is 2.26. The zero-order valence-electron chi connectivity index (χ0n) is 11.0. The van der Waals surface area contributed by atoms with Crippen molar-refractivity contribution in [3.63, 3.8) is 0 Å². The van der Waals surface area contributed by atoms with Crippen molar-refractivity contribution in [2.24, 2.45) is 0 Å². The molecule has 0 aliphatic carbocycles. The van der Waals surface area contributed by atoms with Gasteiger partial charge in [-0.05, 0) is 12.8 Å². The van der Waals surface area contributed by atoms with Crippen LogP contribution in [0.3, 0.4) is 0 Å². The molecule has 0 bridgehead atoms. The second-order valence-electron chi connectivity index (χ2n) is 3.53. The lowest BCUT2D eigenvalue weighted by Gasteiger charge is -2.01. The van der Waals surface area contributed by atoms with E-state index in [2.05, 4.69) is 16.6 Å². The Morgan fingerprint density at radius 2 is 1.26 bits per heavy atom. The Balaban J connectivity index is 0. The van der Waals surface area contributed by atoms with Gasteiger partial charge in [-0.1, -0.05) is 38.5 Å². The summed E-state index contributed by atoms with van der Waals surface area (Å²) in [6.45, 7) is 3.99. The maximum atomic E-state index is 9.21. The molecule has 0 aliphatic rings. The van der Waals surface area contributed by atoms with Crippen LogP contribution in [0.4, 0.5) is 9.59 Å². The fourth-order valence-electron chi connectivity index (χ4n) is 0.958. The molecule has 0 aromatic carbocycles. The zero-order chi connectivity index (χ0) is 15.3. The highest BCUT2D eigenvalue weighted by Crippen LogP contribution is 1.96. The van der Waals surface area contributed by atoms with Gasteiger partial charge in [0.25, 0.3) is 0 Å². The molecule has 0 heterocycles. The molecule has 0 aromatic rings. The lowest BCUT2D eigenvalue weighted by molar-refractivity contribution is 0.0802. The zero-order valence-corrected chi connectivity index (χ0v) is 11.0. The van der Waals surface area contributed by atoms with Crippen molar-refractivity contribution in [1.82, 2.24) is 0 Å². The second-order valence-corrected chi connectivity index (χ2v) is 3.53. The third-order valence-corrected chi connectivity index (χ3v) is 1.72. The standard InChI is InChI=1S/C10H18O2.C2H2O5/c1-3-5-9(11)7-8-10(12)6-4-2;3-1(4)7-2(5)6/h9-12H,3-6H2,1-2H3;(H,3,4)(H,5,6). The van der Waals surface area contributed by atoms with E-state index in [1.807, 2.05) is 13.8 Å². The molecule has 0 amide bonds. The molecule has 19 heavy (non-hydrogen) atoms. The maximum absolute atomic E-state index is 9.21. The summed E-state index contributed by atoms with van der Waals surface area (Å²) in [6.07, 6.45) is -1.56. The number of carbonyl (C=O) groups is 2.